The summed E-state index contributed by atoms with van der Waals surface area (Å²) in [4.78, 5) is 12.0. The number of carbonyl (C=O) groups is 1. The van der Waals surface area contributed by atoms with Crippen LogP contribution in [0.1, 0.15) is 11.1 Å². The molecule has 0 aliphatic carbocycles. The zero-order valence-electron chi connectivity index (χ0n) is 12.3. The van der Waals surface area contributed by atoms with Gasteiger partial charge in [-0.15, -0.1) is 0 Å². The lowest BCUT2D eigenvalue weighted by atomic mass is 10.2. The summed E-state index contributed by atoms with van der Waals surface area (Å²) in [5, 5.41) is 14.8. The lowest BCUT2D eigenvalue weighted by Crippen LogP contribution is -2.24. The highest BCUT2D eigenvalue weighted by Gasteiger charge is 2.08. The van der Waals surface area contributed by atoms with Gasteiger partial charge in [0.2, 0.25) is 0 Å². The fourth-order valence-corrected chi connectivity index (χ4v) is 1.91. The Hall–Kier alpha value is -3.06. The summed E-state index contributed by atoms with van der Waals surface area (Å²) in [5.41, 5.74) is 2.96. The first kappa shape index (κ1) is 15.3. The normalized spacial score (nSPS) is 10.6. The lowest BCUT2D eigenvalue weighted by molar-refractivity contribution is -0.117. The molecule has 0 spiro atoms. The van der Waals surface area contributed by atoms with E-state index in [9.17, 15) is 4.79 Å². The predicted molar refractivity (Wildman–Crippen MR) is 86.8 cm³/mol. The summed E-state index contributed by atoms with van der Waals surface area (Å²) in [6.45, 7) is 2.37. The van der Waals surface area contributed by atoms with Gasteiger partial charge < -0.3 is 10.6 Å². The molecule has 1 amide bonds. The molecule has 0 unspecified atom stereocenters. The SMILES string of the molecule is Cc1cccc(N/C=C(\C#N)C(=O)NCc2ccccc2)c1. The molecule has 22 heavy (non-hydrogen) atoms. The van der Waals surface area contributed by atoms with E-state index in [0.29, 0.717) is 6.54 Å². The first-order valence-corrected chi connectivity index (χ1v) is 6.94. The van der Waals surface area contributed by atoms with Gasteiger partial charge in [-0.1, -0.05) is 42.5 Å². The van der Waals surface area contributed by atoms with Crippen LogP contribution >= 0.6 is 0 Å². The quantitative estimate of drug-likeness (QED) is 0.657. The second-order valence-electron chi connectivity index (χ2n) is 4.85. The zero-order valence-corrected chi connectivity index (χ0v) is 12.3. The van der Waals surface area contributed by atoms with Crippen molar-refractivity contribution in [2.24, 2.45) is 0 Å². The molecule has 2 rings (SSSR count). The molecule has 0 atom stereocenters. The standard InChI is InChI=1S/C18H17N3O/c1-14-6-5-9-17(10-14)20-13-16(11-19)18(22)21-12-15-7-3-2-4-8-15/h2-10,13,20H,12H2,1H3,(H,21,22)/b16-13+. The number of rotatable bonds is 5. The molecule has 0 radical (unpaired) electrons. The third kappa shape index (κ3) is 4.50. The van der Waals surface area contributed by atoms with Gasteiger partial charge in [-0.25, -0.2) is 0 Å². The van der Waals surface area contributed by atoms with Crippen LogP contribution < -0.4 is 10.6 Å². The van der Waals surface area contributed by atoms with Crippen molar-refractivity contribution in [1.29, 1.82) is 5.26 Å². The van der Waals surface area contributed by atoms with E-state index in [2.05, 4.69) is 10.6 Å². The zero-order chi connectivity index (χ0) is 15.8. The van der Waals surface area contributed by atoms with Crippen molar-refractivity contribution in [3.8, 4) is 6.07 Å². The van der Waals surface area contributed by atoms with E-state index < -0.39 is 5.91 Å². The molecule has 0 aliphatic rings. The van der Waals surface area contributed by atoms with E-state index in [4.69, 9.17) is 5.26 Å². The van der Waals surface area contributed by atoms with E-state index in [1.807, 2.05) is 67.6 Å². The van der Waals surface area contributed by atoms with E-state index in [-0.39, 0.29) is 5.57 Å². The van der Waals surface area contributed by atoms with Gasteiger partial charge >= 0.3 is 0 Å². The number of nitrogens with one attached hydrogen (secondary N) is 2. The molecule has 0 aromatic heterocycles. The minimum atomic E-state index is -0.397. The maximum absolute atomic E-state index is 12.0. The predicted octanol–water partition coefficient (Wildman–Crippen LogP) is 3.13. The van der Waals surface area contributed by atoms with Crippen molar-refractivity contribution in [3.63, 3.8) is 0 Å². The number of hydrogen-bond acceptors (Lipinski definition) is 3. The molecule has 0 aliphatic heterocycles. The number of nitrogens with zero attached hydrogens (tertiary/aromatic N) is 1. The van der Waals surface area contributed by atoms with Crippen molar-refractivity contribution in [1.82, 2.24) is 5.32 Å². The number of benzene rings is 2. The fourth-order valence-electron chi connectivity index (χ4n) is 1.91. The molecule has 2 N–H and O–H groups in total. The largest absolute Gasteiger partial charge is 0.360 e. The van der Waals surface area contributed by atoms with Crippen LogP contribution in [0.4, 0.5) is 5.69 Å². The Kier molecular flexibility index (Phi) is 5.33. The first-order chi connectivity index (χ1) is 10.7. The Morgan fingerprint density at radius 1 is 1.18 bits per heavy atom. The molecule has 110 valence electrons. The number of amides is 1. The van der Waals surface area contributed by atoms with Crippen LogP contribution in [0.5, 0.6) is 0 Å². The molecular formula is C18H17N3O. The summed E-state index contributed by atoms with van der Waals surface area (Å²) in [6.07, 6.45) is 1.43. The smallest absolute Gasteiger partial charge is 0.263 e. The maximum atomic E-state index is 12.0. The second-order valence-corrected chi connectivity index (χ2v) is 4.85. The van der Waals surface area contributed by atoms with Crippen molar-refractivity contribution < 1.29 is 4.79 Å². The summed E-state index contributed by atoms with van der Waals surface area (Å²) in [7, 11) is 0. The molecule has 0 fully saturated rings. The Balaban J connectivity index is 1.97. The van der Waals surface area contributed by atoms with Gasteiger partial charge in [0.15, 0.2) is 0 Å². The number of aryl methyl sites for hydroxylation is 1. The molecule has 4 nitrogen and oxygen atoms in total. The van der Waals surface area contributed by atoms with E-state index in [0.717, 1.165) is 16.8 Å². The van der Waals surface area contributed by atoms with Crippen molar-refractivity contribution in [2.75, 3.05) is 5.32 Å². The maximum Gasteiger partial charge on any atom is 0.263 e. The van der Waals surface area contributed by atoms with Gasteiger partial charge in [0.1, 0.15) is 11.6 Å². The van der Waals surface area contributed by atoms with Crippen LogP contribution in [-0.2, 0) is 11.3 Å². The van der Waals surface area contributed by atoms with Gasteiger partial charge in [0, 0.05) is 18.4 Å². The summed E-state index contributed by atoms with van der Waals surface area (Å²) >= 11 is 0. The van der Waals surface area contributed by atoms with Crippen LogP contribution in [0.2, 0.25) is 0 Å². The summed E-state index contributed by atoms with van der Waals surface area (Å²) in [5.74, 6) is -0.397. The van der Waals surface area contributed by atoms with E-state index in [1.54, 1.807) is 0 Å². The topological polar surface area (TPSA) is 64.9 Å². The van der Waals surface area contributed by atoms with E-state index >= 15 is 0 Å². The van der Waals surface area contributed by atoms with Gasteiger partial charge in [-0.05, 0) is 30.2 Å². The molecular weight excluding hydrogens is 274 g/mol. The van der Waals surface area contributed by atoms with Crippen molar-refractivity contribution in [3.05, 3.63) is 77.5 Å². The summed E-state index contributed by atoms with van der Waals surface area (Å²) < 4.78 is 0. The van der Waals surface area contributed by atoms with Gasteiger partial charge in [0.25, 0.3) is 5.91 Å². The molecule has 2 aromatic rings. The molecule has 4 heteroatoms. The Morgan fingerprint density at radius 2 is 1.95 bits per heavy atom. The lowest BCUT2D eigenvalue weighted by Gasteiger charge is -2.05. The monoisotopic (exact) mass is 291 g/mol. The Morgan fingerprint density at radius 3 is 2.64 bits per heavy atom. The third-order valence-electron chi connectivity index (χ3n) is 3.06. The fraction of sp³-hybridized carbons (Fsp3) is 0.111. The molecule has 0 heterocycles. The van der Waals surface area contributed by atoms with Gasteiger partial charge in [-0.2, -0.15) is 5.26 Å². The number of hydrogen-bond donors (Lipinski definition) is 2. The highest BCUT2D eigenvalue weighted by Crippen LogP contribution is 2.10. The average molecular weight is 291 g/mol. The molecule has 0 bridgehead atoms. The Bertz CT molecular complexity index is 715. The second kappa shape index (κ2) is 7.65. The number of anilines is 1. The van der Waals surface area contributed by atoms with Crippen LogP contribution in [0.15, 0.2) is 66.4 Å². The molecule has 0 saturated carbocycles. The van der Waals surface area contributed by atoms with Crippen molar-refractivity contribution >= 4 is 11.6 Å². The van der Waals surface area contributed by atoms with Crippen LogP contribution in [0.3, 0.4) is 0 Å². The highest BCUT2D eigenvalue weighted by molar-refractivity contribution is 5.97. The number of carbonyl (C=O) groups excluding carboxylic acids is 1. The van der Waals surface area contributed by atoms with Crippen LogP contribution in [0, 0.1) is 18.3 Å². The summed E-state index contributed by atoms with van der Waals surface area (Å²) in [6, 6.07) is 19.2. The highest BCUT2D eigenvalue weighted by atomic mass is 16.1. The molecule has 0 saturated heterocycles. The van der Waals surface area contributed by atoms with Gasteiger partial charge in [0.05, 0.1) is 0 Å². The van der Waals surface area contributed by atoms with Crippen molar-refractivity contribution in [2.45, 2.75) is 13.5 Å². The Labute approximate surface area is 130 Å². The molecule has 2 aromatic carbocycles. The van der Waals surface area contributed by atoms with Crippen LogP contribution in [0.25, 0.3) is 0 Å². The van der Waals surface area contributed by atoms with Gasteiger partial charge in [-0.3, -0.25) is 4.79 Å². The average Bonchev–Trinajstić information content (AvgIpc) is 2.54. The first-order valence-electron chi connectivity index (χ1n) is 6.94. The number of nitriles is 1. The van der Waals surface area contributed by atoms with E-state index in [1.165, 1.54) is 6.20 Å². The minimum absolute atomic E-state index is 0.0393. The third-order valence-corrected chi connectivity index (χ3v) is 3.06. The van der Waals surface area contributed by atoms with Crippen LogP contribution in [-0.4, -0.2) is 5.91 Å². The minimum Gasteiger partial charge on any atom is -0.360 e.